The number of morpholine rings is 1. The summed E-state index contributed by atoms with van der Waals surface area (Å²) in [5, 5.41) is 9.53. The van der Waals surface area contributed by atoms with E-state index in [0.29, 0.717) is 29.1 Å². The number of hydrogen-bond acceptors (Lipinski definition) is 8. The Hall–Kier alpha value is -3.55. The number of aryl methyl sites for hydroxylation is 1. The van der Waals surface area contributed by atoms with Gasteiger partial charge in [-0.15, -0.1) is 0 Å². The molecule has 10 heteroatoms. The Morgan fingerprint density at radius 2 is 1.86 bits per heavy atom. The van der Waals surface area contributed by atoms with E-state index in [9.17, 15) is 10.1 Å². The fourth-order valence-electron chi connectivity index (χ4n) is 5.87. The molecule has 4 heterocycles. The summed E-state index contributed by atoms with van der Waals surface area (Å²) < 4.78 is 7.02. The van der Waals surface area contributed by atoms with Gasteiger partial charge in [0.05, 0.1) is 18.7 Å². The van der Waals surface area contributed by atoms with Gasteiger partial charge < -0.3 is 14.5 Å². The minimum absolute atomic E-state index is 0.127. The van der Waals surface area contributed by atoms with Crippen molar-refractivity contribution in [1.82, 2.24) is 24.3 Å². The van der Waals surface area contributed by atoms with Gasteiger partial charge >= 0.3 is 5.69 Å². The molecule has 0 spiro atoms. The third-order valence-electron chi connectivity index (χ3n) is 8.82. The highest BCUT2D eigenvalue weighted by atomic mass is 16.5. The molecule has 0 bridgehead atoms. The molecule has 0 radical (unpaired) electrons. The number of hydrogen-bond donors (Lipinski definition) is 0. The summed E-state index contributed by atoms with van der Waals surface area (Å²) in [6.07, 6.45) is 7.16. The standard InChI is InChI=1S/C32H46N8O2/c1-8-22(4)17-25(19-34-24(6)38-13-15-42-16-14-38)23(5)39-20-28(10-3)40(21-27(39)9-2)31-30-29(37(7)32(41)36-31)12-11-26(18-33)35-30/h11-12,17,19,23,27-28H,8-10,13-16,20-21H2,1-7H3/b22-17?,25-19+,34-24?/t23?,27-,28?/m1/s1. The fraction of sp³-hybridized carbons (Fsp3) is 0.594. The summed E-state index contributed by atoms with van der Waals surface area (Å²) in [5.74, 6) is 1.59. The van der Waals surface area contributed by atoms with Crippen LogP contribution in [0, 0.1) is 11.3 Å². The molecule has 0 saturated carbocycles. The lowest BCUT2D eigenvalue weighted by molar-refractivity contribution is 0.0678. The smallest absolute Gasteiger partial charge is 0.349 e. The van der Waals surface area contributed by atoms with Crippen molar-refractivity contribution in [2.75, 3.05) is 44.3 Å². The topological polar surface area (TPSA) is 103 Å². The van der Waals surface area contributed by atoms with Gasteiger partial charge in [-0.25, -0.2) is 14.8 Å². The van der Waals surface area contributed by atoms with Crippen molar-refractivity contribution >= 4 is 22.7 Å². The molecular formula is C32H46N8O2. The molecule has 2 fully saturated rings. The van der Waals surface area contributed by atoms with Crippen molar-refractivity contribution in [2.24, 2.45) is 12.0 Å². The van der Waals surface area contributed by atoms with E-state index < -0.39 is 0 Å². The molecule has 0 amide bonds. The normalized spacial score (nSPS) is 22.0. The van der Waals surface area contributed by atoms with E-state index in [-0.39, 0.29) is 23.8 Å². The molecule has 10 nitrogen and oxygen atoms in total. The van der Waals surface area contributed by atoms with Crippen molar-refractivity contribution in [1.29, 1.82) is 5.26 Å². The second kappa shape index (κ2) is 14.1. The van der Waals surface area contributed by atoms with Gasteiger partial charge in [-0.05, 0) is 57.7 Å². The highest BCUT2D eigenvalue weighted by molar-refractivity contribution is 5.86. The molecule has 2 aliphatic rings. The van der Waals surface area contributed by atoms with Crippen LogP contribution in [0.25, 0.3) is 11.0 Å². The number of nitrogens with zero attached hydrogens (tertiary/aromatic N) is 8. The number of aromatic nitrogens is 3. The zero-order chi connectivity index (χ0) is 30.4. The Kier molecular flexibility index (Phi) is 10.5. The number of anilines is 1. The summed E-state index contributed by atoms with van der Waals surface area (Å²) in [6.45, 7) is 17.9. The molecule has 0 N–H and O–H groups in total. The van der Waals surface area contributed by atoms with Gasteiger partial charge in [0.15, 0.2) is 5.82 Å². The van der Waals surface area contributed by atoms with Crippen LogP contribution >= 0.6 is 0 Å². The lowest BCUT2D eigenvalue weighted by Gasteiger charge is -2.49. The largest absolute Gasteiger partial charge is 0.378 e. The molecule has 2 aliphatic heterocycles. The fourth-order valence-corrected chi connectivity index (χ4v) is 5.87. The van der Waals surface area contributed by atoms with Crippen LogP contribution in [-0.2, 0) is 11.8 Å². The summed E-state index contributed by atoms with van der Waals surface area (Å²) in [6, 6.07) is 6.09. The first-order valence-electron chi connectivity index (χ1n) is 15.3. The molecule has 226 valence electrons. The Morgan fingerprint density at radius 3 is 2.50 bits per heavy atom. The molecule has 0 aliphatic carbocycles. The van der Waals surface area contributed by atoms with Gasteiger partial charge in [0.1, 0.15) is 23.1 Å². The molecule has 0 aromatic carbocycles. The number of aliphatic imine (C=N–C) groups is 1. The van der Waals surface area contributed by atoms with E-state index in [4.69, 9.17) is 9.73 Å². The zero-order valence-electron chi connectivity index (χ0n) is 26.3. The summed E-state index contributed by atoms with van der Waals surface area (Å²) >= 11 is 0. The molecule has 2 aromatic rings. The SMILES string of the molecule is CCC(C)=C/C(=C\N=C(C)N1CCOCC1)C(C)N1CC(CC)N(c2nc(=O)n(C)c3ccc(C#N)nc23)C[C@H]1CC. The lowest BCUT2D eigenvalue weighted by atomic mass is 9.96. The van der Waals surface area contributed by atoms with E-state index in [1.807, 2.05) is 0 Å². The third kappa shape index (κ3) is 6.74. The van der Waals surface area contributed by atoms with Gasteiger partial charge in [-0.1, -0.05) is 32.4 Å². The Bertz CT molecular complexity index is 1450. The predicted octanol–water partition coefficient (Wildman–Crippen LogP) is 4.26. The van der Waals surface area contributed by atoms with Crippen LogP contribution < -0.4 is 10.6 Å². The Morgan fingerprint density at radius 1 is 1.14 bits per heavy atom. The van der Waals surface area contributed by atoms with Crippen molar-refractivity contribution in [3.8, 4) is 6.07 Å². The minimum atomic E-state index is -0.318. The minimum Gasteiger partial charge on any atom is -0.378 e. The molecule has 2 saturated heterocycles. The van der Waals surface area contributed by atoms with E-state index in [1.165, 1.54) is 15.7 Å². The van der Waals surface area contributed by atoms with Crippen molar-refractivity contribution in [2.45, 2.75) is 78.9 Å². The zero-order valence-corrected chi connectivity index (χ0v) is 26.3. The number of allylic oxidation sites excluding steroid dienone is 1. The molecule has 2 aromatic heterocycles. The maximum Gasteiger partial charge on any atom is 0.349 e. The number of amidine groups is 1. The molecule has 42 heavy (non-hydrogen) atoms. The Balaban J connectivity index is 1.70. The first kappa shape index (κ1) is 31.4. The van der Waals surface area contributed by atoms with Gasteiger partial charge in [0.25, 0.3) is 0 Å². The van der Waals surface area contributed by atoms with Crippen molar-refractivity contribution in [3.05, 3.63) is 51.7 Å². The van der Waals surface area contributed by atoms with Gasteiger partial charge in [-0.2, -0.15) is 10.2 Å². The van der Waals surface area contributed by atoms with Gasteiger partial charge in [0.2, 0.25) is 0 Å². The monoisotopic (exact) mass is 574 g/mol. The van der Waals surface area contributed by atoms with Crippen molar-refractivity contribution < 1.29 is 4.74 Å². The predicted molar refractivity (Wildman–Crippen MR) is 169 cm³/mol. The van der Waals surface area contributed by atoms with Crippen LogP contribution in [-0.4, -0.2) is 87.7 Å². The number of piperazine rings is 1. The van der Waals surface area contributed by atoms with Crippen LogP contribution in [0.3, 0.4) is 0 Å². The second-order valence-corrected chi connectivity index (χ2v) is 11.4. The van der Waals surface area contributed by atoms with E-state index in [1.54, 1.807) is 19.2 Å². The number of fused-ring (bicyclic) bond motifs is 1. The second-order valence-electron chi connectivity index (χ2n) is 11.4. The molecule has 2 unspecified atom stereocenters. The van der Waals surface area contributed by atoms with Crippen LogP contribution in [0.15, 0.2) is 45.3 Å². The number of pyridine rings is 1. The lowest BCUT2D eigenvalue weighted by Crippen LogP contribution is -2.61. The number of ether oxygens (including phenoxy) is 1. The first-order valence-corrected chi connectivity index (χ1v) is 15.3. The average molecular weight is 575 g/mol. The van der Waals surface area contributed by atoms with E-state index in [0.717, 1.165) is 57.9 Å². The van der Waals surface area contributed by atoms with Crippen LogP contribution in [0.5, 0.6) is 0 Å². The van der Waals surface area contributed by atoms with Gasteiger partial charge in [0, 0.05) is 57.6 Å². The number of rotatable bonds is 8. The Labute approximate surface area is 250 Å². The third-order valence-corrected chi connectivity index (χ3v) is 8.82. The van der Waals surface area contributed by atoms with Gasteiger partial charge in [-0.3, -0.25) is 9.47 Å². The highest BCUT2D eigenvalue weighted by Crippen LogP contribution is 2.31. The van der Waals surface area contributed by atoms with Crippen LogP contribution in [0.2, 0.25) is 0 Å². The molecule has 3 atom stereocenters. The summed E-state index contributed by atoms with van der Waals surface area (Å²) in [5.41, 5.74) is 3.80. The summed E-state index contributed by atoms with van der Waals surface area (Å²) in [4.78, 5) is 34.1. The number of nitriles is 1. The average Bonchev–Trinajstić information content (AvgIpc) is 3.03. The first-order chi connectivity index (χ1) is 20.2. The van der Waals surface area contributed by atoms with E-state index in [2.05, 4.69) is 84.6 Å². The molecular weight excluding hydrogens is 528 g/mol. The van der Waals surface area contributed by atoms with Crippen LogP contribution in [0.4, 0.5) is 5.82 Å². The van der Waals surface area contributed by atoms with E-state index >= 15 is 0 Å². The molecule has 4 rings (SSSR count). The summed E-state index contributed by atoms with van der Waals surface area (Å²) in [7, 11) is 1.70. The van der Waals surface area contributed by atoms with Crippen molar-refractivity contribution in [3.63, 3.8) is 0 Å². The maximum atomic E-state index is 12.9. The maximum absolute atomic E-state index is 12.9. The van der Waals surface area contributed by atoms with Crippen LogP contribution in [0.1, 0.15) is 66.5 Å². The highest BCUT2D eigenvalue weighted by Gasteiger charge is 2.37. The quantitative estimate of drug-likeness (QED) is 0.262.